The summed E-state index contributed by atoms with van der Waals surface area (Å²) < 4.78 is 32.1. The van der Waals surface area contributed by atoms with Crippen LogP contribution in [-0.2, 0) is 20.0 Å². The number of hydrogen-bond donors (Lipinski definition) is 0. The molecule has 0 bridgehead atoms. The molecule has 1 atom stereocenters. The smallest absolute Gasteiger partial charge is 0.178 e. The van der Waals surface area contributed by atoms with Gasteiger partial charge < -0.3 is 14.5 Å². The van der Waals surface area contributed by atoms with E-state index in [-0.39, 0.29) is 5.75 Å². The Morgan fingerprint density at radius 1 is 1.12 bits per heavy atom. The molecule has 1 unspecified atom stereocenters. The maximum absolute atomic E-state index is 12.9. The zero-order valence-corrected chi connectivity index (χ0v) is 20.6. The van der Waals surface area contributed by atoms with Gasteiger partial charge in [0.1, 0.15) is 0 Å². The van der Waals surface area contributed by atoms with Crippen LogP contribution in [0.15, 0.2) is 53.4 Å². The third-order valence-corrected chi connectivity index (χ3v) is 8.70. The highest BCUT2D eigenvalue weighted by atomic mass is 32.2. The van der Waals surface area contributed by atoms with E-state index in [4.69, 9.17) is 4.74 Å². The number of anilines is 2. The third-order valence-electron chi connectivity index (χ3n) is 6.90. The molecule has 5 nitrogen and oxygen atoms in total. The molecule has 0 amide bonds. The predicted octanol–water partition coefficient (Wildman–Crippen LogP) is 4.86. The van der Waals surface area contributed by atoms with Gasteiger partial charge in [0.2, 0.25) is 0 Å². The Hall–Kier alpha value is -2.31. The van der Waals surface area contributed by atoms with Crippen LogP contribution in [0.2, 0.25) is 0 Å². The molecule has 2 aliphatic heterocycles. The summed E-state index contributed by atoms with van der Waals surface area (Å²) in [4.78, 5) is 4.78. The molecule has 2 aromatic rings. The summed E-state index contributed by atoms with van der Waals surface area (Å²) in [6.07, 6.45) is 5.80. The monoisotopic (exact) mass is 454 g/mol. The molecule has 2 aromatic carbocycles. The van der Waals surface area contributed by atoms with E-state index in [2.05, 4.69) is 60.1 Å². The SMILES string of the molecule is CCCCS(=O)(=O)c1ccc2c(c1)C(C)(C)C1(C=Cc3ccc(N(C)C)cc3)OCCN21. The number of rotatable bonds is 7. The van der Waals surface area contributed by atoms with Crippen LogP contribution in [0.3, 0.4) is 0 Å². The lowest BCUT2D eigenvalue weighted by Crippen LogP contribution is -2.51. The molecule has 1 saturated heterocycles. The van der Waals surface area contributed by atoms with Crippen LogP contribution in [0.25, 0.3) is 6.08 Å². The van der Waals surface area contributed by atoms with Crippen LogP contribution >= 0.6 is 0 Å². The first-order chi connectivity index (χ1) is 15.1. The fourth-order valence-corrected chi connectivity index (χ4v) is 6.36. The first kappa shape index (κ1) is 22.9. The minimum atomic E-state index is -3.29. The van der Waals surface area contributed by atoms with Gasteiger partial charge in [-0.15, -0.1) is 0 Å². The van der Waals surface area contributed by atoms with Crippen molar-refractivity contribution in [3.8, 4) is 0 Å². The fourth-order valence-electron chi connectivity index (χ4n) is 4.88. The van der Waals surface area contributed by atoms with E-state index in [9.17, 15) is 8.42 Å². The fraction of sp³-hybridized carbons (Fsp3) is 0.462. The Labute approximate surface area is 192 Å². The van der Waals surface area contributed by atoms with Crippen LogP contribution in [0.1, 0.15) is 44.7 Å². The second-order valence-electron chi connectivity index (χ2n) is 9.49. The van der Waals surface area contributed by atoms with Gasteiger partial charge in [-0.05, 0) is 54.0 Å². The summed E-state index contributed by atoms with van der Waals surface area (Å²) in [5.74, 6) is 0.191. The molecule has 0 aliphatic carbocycles. The van der Waals surface area contributed by atoms with Gasteiger partial charge in [0.05, 0.1) is 17.3 Å². The second kappa shape index (κ2) is 8.23. The van der Waals surface area contributed by atoms with Crippen LogP contribution in [-0.4, -0.2) is 47.1 Å². The number of hydrogen-bond acceptors (Lipinski definition) is 5. The summed E-state index contributed by atoms with van der Waals surface area (Å²) >= 11 is 0. The van der Waals surface area contributed by atoms with E-state index < -0.39 is 21.0 Å². The lowest BCUT2D eigenvalue weighted by molar-refractivity contribution is 0.000294. The quantitative estimate of drug-likeness (QED) is 0.598. The van der Waals surface area contributed by atoms with Crippen molar-refractivity contribution in [3.63, 3.8) is 0 Å². The molecule has 4 rings (SSSR count). The molecule has 0 saturated carbocycles. The molecule has 172 valence electrons. The topological polar surface area (TPSA) is 49.9 Å². The third kappa shape index (κ3) is 3.63. The van der Waals surface area contributed by atoms with E-state index in [0.29, 0.717) is 17.9 Å². The average molecular weight is 455 g/mol. The molecule has 0 N–H and O–H groups in total. The number of nitrogens with zero attached hydrogens (tertiary/aromatic N) is 2. The first-order valence-electron chi connectivity index (χ1n) is 11.4. The molecule has 0 spiro atoms. The van der Waals surface area contributed by atoms with Gasteiger partial charge in [-0.25, -0.2) is 8.42 Å². The maximum Gasteiger partial charge on any atom is 0.178 e. The van der Waals surface area contributed by atoms with Crippen molar-refractivity contribution in [1.82, 2.24) is 0 Å². The minimum absolute atomic E-state index is 0.191. The van der Waals surface area contributed by atoms with Gasteiger partial charge in [-0.3, -0.25) is 0 Å². The van der Waals surface area contributed by atoms with E-state index >= 15 is 0 Å². The van der Waals surface area contributed by atoms with Crippen molar-refractivity contribution in [2.75, 3.05) is 42.8 Å². The lowest BCUT2D eigenvalue weighted by Gasteiger charge is -2.39. The predicted molar refractivity (Wildman–Crippen MR) is 132 cm³/mol. The Morgan fingerprint density at radius 2 is 1.84 bits per heavy atom. The van der Waals surface area contributed by atoms with Crippen molar-refractivity contribution in [3.05, 3.63) is 59.7 Å². The molecule has 2 aliphatic rings. The highest BCUT2D eigenvalue weighted by Gasteiger charge is 2.59. The van der Waals surface area contributed by atoms with Crippen LogP contribution in [0.5, 0.6) is 0 Å². The molecule has 0 radical (unpaired) electrons. The van der Waals surface area contributed by atoms with Gasteiger partial charge >= 0.3 is 0 Å². The summed E-state index contributed by atoms with van der Waals surface area (Å²) in [5, 5.41) is 0. The summed E-state index contributed by atoms with van der Waals surface area (Å²) in [7, 11) is 0.776. The Balaban J connectivity index is 1.71. The first-order valence-corrected chi connectivity index (χ1v) is 13.0. The van der Waals surface area contributed by atoms with Crippen LogP contribution < -0.4 is 9.80 Å². The van der Waals surface area contributed by atoms with E-state index in [1.165, 1.54) is 0 Å². The van der Waals surface area contributed by atoms with E-state index in [1.807, 2.05) is 33.2 Å². The summed E-state index contributed by atoms with van der Waals surface area (Å²) in [5.41, 5.74) is 3.31. The summed E-state index contributed by atoms with van der Waals surface area (Å²) in [6.45, 7) is 7.74. The Morgan fingerprint density at radius 3 is 2.50 bits per heavy atom. The van der Waals surface area contributed by atoms with Crippen molar-refractivity contribution >= 4 is 27.3 Å². The zero-order valence-electron chi connectivity index (χ0n) is 19.8. The average Bonchev–Trinajstić information content (AvgIpc) is 3.28. The standard InChI is InChI=1S/C26H34N2O3S/c1-6-7-18-32(29,30)22-12-13-24-23(19-22)25(2,3)26(28(24)16-17-31-26)15-14-20-8-10-21(11-9-20)27(4)5/h8-15,19H,6-7,16-18H2,1-5H3. The highest BCUT2D eigenvalue weighted by molar-refractivity contribution is 7.91. The zero-order chi connectivity index (χ0) is 23.1. The molecule has 2 heterocycles. The number of fused-ring (bicyclic) bond motifs is 3. The van der Waals surface area contributed by atoms with Gasteiger partial charge in [0.15, 0.2) is 15.6 Å². The van der Waals surface area contributed by atoms with Gasteiger partial charge in [0.25, 0.3) is 0 Å². The van der Waals surface area contributed by atoms with E-state index in [1.54, 1.807) is 6.07 Å². The van der Waals surface area contributed by atoms with Gasteiger partial charge in [-0.2, -0.15) is 0 Å². The van der Waals surface area contributed by atoms with Crippen LogP contribution in [0, 0.1) is 0 Å². The normalized spacial score (nSPS) is 21.7. The number of benzene rings is 2. The minimum Gasteiger partial charge on any atom is -0.378 e. The second-order valence-corrected chi connectivity index (χ2v) is 11.6. The Kier molecular flexibility index (Phi) is 5.88. The van der Waals surface area contributed by atoms with Crippen LogP contribution in [0.4, 0.5) is 11.4 Å². The largest absolute Gasteiger partial charge is 0.378 e. The lowest BCUT2D eigenvalue weighted by atomic mass is 9.77. The molecular formula is C26H34N2O3S. The molecule has 1 fully saturated rings. The molecule has 6 heteroatoms. The molecule has 32 heavy (non-hydrogen) atoms. The van der Waals surface area contributed by atoms with Gasteiger partial charge in [0, 0.05) is 37.4 Å². The molecule has 0 aromatic heterocycles. The summed E-state index contributed by atoms with van der Waals surface area (Å²) in [6, 6.07) is 14.0. The maximum atomic E-state index is 12.9. The van der Waals surface area contributed by atoms with Gasteiger partial charge in [-0.1, -0.05) is 45.4 Å². The van der Waals surface area contributed by atoms with Crippen molar-refractivity contribution in [1.29, 1.82) is 0 Å². The molecular weight excluding hydrogens is 420 g/mol. The van der Waals surface area contributed by atoms with Crippen molar-refractivity contribution in [2.24, 2.45) is 0 Å². The highest BCUT2D eigenvalue weighted by Crippen LogP contribution is 2.55. The van der Waals surface area contributed by atoms with Crippen molar-refractivity contribution < 1.29 is 13.2 Å². The number of unbranched alkanes of at least 4 members (excludes halogenated alkanes) is 1. The number of ether oxygens (including phenoxy) is 1. The van der Waals surface area contributed by atoms with Crippen molar-refractivity contribution in [2.45, 2.75) is 49.6 Å². The Bertz CT molecular complexity index is 1120. The number of sulfone groups is 1. The van der Waals surface area contributed by atoms with E-state index in [0.717, 1.165) is 35.5 Å².